The van der Waals surface area contributed by atoms with E-state index >= 15 is 0 Å². The minimum Gasteiger partial charge on any atom is -0.341 e. The number of rotatable bonds is 3. The van der Waals surface area contributed by atoms with E-state index < -0.39 is 4.92 Å². The number of H-pyrrole nitrogens is 1. The first-order valence-corrected chi connectivity index (χ1v) is 6.27. The summed E-state index contributed by atoms with van der Waals surface area (Å²) in [6, 6.07) is 6.77. The van der Waals surface area contributed by atoms with Crippen molar-refractivity contribution in [1.82, 2.24) is 15.3 Å². The van der Waals surface area contributed by atoms with Crippen molar-refractivity contribution in [2.45, 2.75) is 18.9 Å². The van der Waals surface area contributed by atoms with Gasteiger partial charge in [-0.25, -0.2) is 4.98 Å². The number of hydrogen-bond donors (Lipinski definition) is 2. The van der Waals surface area contributed by atoms with Gasteiger partial charge in [-0.05, 0) is 31.5 Å². The second kappa shape index (κ2) is 4.81. The fraction of sp³-hybridized carbons (Fsp3) is 0.308. The summed E-state index contributed by atoms with van der Waals surface area (Å²) in [7, 11) is 0. The van der Waals surface area contributed by atoms with Crippen molar-refractivity contribution in [1.29, 1.82) is 0 Å². The maximum Gasteiger partial charge on any atom is 0.269 e. The summed E-state index contributed by atoms with van der Waals surface area (Å²) in [4.78, 5) is 17.9. The molecular weight excluding hydrogens is 244 g/mol. The summed E-state index contributed by atoms with van der Waals surface area (Å²) in [5.41, 5.74) is 1.89. The van der Waals surface area contributed by atoms with Crippen LogP contribution < -0.4 is 5.32 Å². The van der Waals surface area contributed by atoms with Gasteiger partial charge in [-0.3, -0.25) is 10.1 Å². The van der Waals surface area contributed by atoms with E-state index in [2.05, 4.69) is 15.3 Å². The molecule has 0 radical (unpaired) electrons. The molecule has 1 atom stereocenters. The van der Waals surface area contributed by atoms with E-state index in [4.69, 9.17) is 0 Å². The zero-order chi connectivity index (χ0) is 13.2. The smallest absolute Gasteiger partial charge is 0.269 e. The van der Waals surface area contributed by atoms with Crippen molar-refractivity contribution in [3.8, 4) is 11.3 Å². The minimum absolute atomic E-state index is 0.0981. The Balaban J connectivity index is 1.83. The van der Waals surface area contributed by atoms with Crippen LogP contribution in [-0.4, -0.2) is 21.4 Å². The number of non-ortho nitro benzene ring substituents is 1. The molecule has 3 rings (SSSR count). The number of nitrogens with one attached hydrogen (secondary N) is 2. The van der Waals surface area contributed by atoms with Gasteiger partial charge in [-0.15, -0.1) is 0 Å². The number of nitrogens with zero attached hydrogens (tertiary/aromatic N) is 2. The van der Waals surface area contributed by atoms with Crippen molar-refractivity contribution in [3.63, 3.8) is 0 Å². The van der Waals surface area contributed by atoms with E-state index in [1.54, 1.807) is 18.3 Å². The molecule has 0 saturated carbocycles. The molecule has 2 heterocycles. The SMILES string of the molecule is O=[N+]([O-])c1ccc(-c2cnc(C3CCCN3)[nH]2)cc1. The van der Waals surface area contributed by atoms with Crippen LogP contribution in [0.4, 0.5) is 5.69 Å². The largest absolute Gasteiger partial charge is 0.341 e. The molecule has 0 spiro atoms. The van der Waals surface area contributed by atoms with Gasteiger partial charge in [0.15, 0.2) is 0 Å². The fourth-order valence-corrected chi connectivity index (χ4v) is 2.34. The lowest BCUT2D eigenvalue weighted by molar-refractivity contribution is -0.384. The molecule has 1 aromatic carbocycles. The number of aromatic amines is 1. The lowest BCUT2D eigenvalue weighted by Crippen LogP contribution is -2.14. The topological polar surface area (TPSA) is 83.8 Å². The van der Waals surface area contributed by atoms with Gasteiger partial charge in [0, 0.05) is 17.7 Å². The fourth-order valence-electron chi connectivity index (χ4n) is 2.34. The number of nitro groups is 1. The molecule has 0 aliphatic carbocycles. The first-order valence-electron chi connectivity index (χ1n) is 6.27. The van der Waals surface area contributed by atoms with E-state index in [-0.39, 0.29) is 5.69 Å². The van der Waals surface area contributed by atoms with E-state index in [0.717, 1.165) is 36.5 Å². The summed E-state index contributed by atoms with van der Waals surface area (Å²) in [6.07, 6.45) is 4.03. The van der Waals surface area contributed by atoms with Crippen molar-refractivity contribution in [2.24, 2.45) is 0 Å². The van der Waals surface area contributed by atoms with E-state index in [0.29, 0.717) is 6.04 Å². The Labute approximate surface area is 110 Å². The van der Waals surface area contributed by atoms with Crippen LogP contribution >= 0.6 is 0 Å². The molecule has 1 aliphatic rings. The molecule has 0 amide bonds. The van der Waals surface area contributed by atoms with Crippen LogP contribution in [0, 0.1) is 10.1 Å². The van der Waals surface area contributed by atoms with Gasteiger partial charge in [0.05, 0.1) is 22.9 Å². The van der Waals surface area contributed by atoms with Crippen LogP contribution in [-0.2, 0) is 0 Å². The number of imidazole rings is 1. The van der Waals surface area contributed by atoms with Crippen molar-refractivity contribution >= 4 is 5.69 Å². The summed E-state index contributed by atoms with van der Waals surface area (Å²) in [5.74, 6) is 0.936. The molecule has 19 heavy (non-hydrogen) atoms. The second-order valence-corrected chi connectivity index (χ2v) is 4.64. The standard InChI is InChI=1S/C13H14N4O2/c18-17(19)10-5-3-9(4-6-10)12-8-15-13(16-12)11-2-1-7-14-11/h3-6,8,11,14H,1-2,7H2,(H,15,16). The average molecular weight is 258 g/mol. The second-order valence-electron chi connectivity index (χ2n) is 4.64. The minimum atomic E-state index is -0.398. The van der Waals surface area contributed by atoms with Crippen LogP contribution in [0.1, 0.15) is 24.7 Å². The van der Waals surface area contributed by atoms with Crippen LogP contribution in [0.3, 0.4) is 0 Å². The third-order valence-electron chi connectivity index (χ3n) is 3.37. The number of aromatic nitrogens is 2. The molecule has 6 nitrogen and oxygen atoms in total. The molecule has 1 aliphatic heterocycles. The Morgan fingerprint density at radius 3 is 2.74 bits per heavy atom. The Morgan fingerprint density at radius 2 is 2.11 bits per heavy atom. The molecular formula is C13H14N4O2. The molecule has 2 N–H and O–H groups in total. The highest BCUT2D eigenvalue weighted by atomic mass is 16.6. The molecule has 2 aromatic rings. The molecule has 1 fully saturated rings. The van der Waals surface area contributed by atoms with Crippen molar-refractivity contribution < 1.29 is 4.92 Å². The van der Waals surface area contributed by atoms with Crippen LogP contribution in [0.25, 0.3) is 11.3 Å². The number of hydrogen-bond acceptors (Lipinski definition) is 4. The molecule has 1 unspecified atom stereocenters. The van der Waals surface area contributed by atoms with Gasteiger partial charge in [0.25, 0.3) is 5.69 Å². The third-order valence-corrected chi connectivity index (χ3v) is 3.37. The van der Waals surface area contributed by atoms with Gasteiger partial charge < -0.3 is 10.3 Å². The zero-order valence-electron chi connectivity index (χ0n) is 10.3. The summed E-state index contributed by atoms with van der Waals surface area (Å²) in [6.45, 7) is 1.03. The van der Waals surface area contributed by atoms with Crippen molar-refractivity contribution in [3.05, 3.63) is 46.4 Å². The monoisotopic (exact) mass is 258 g/mol. The third kappa shape index (κ3) is 2.34. The average Bonchev–Trinajstić information content (AvgIpc) is 3.10. The zero-order valence-corrected chi connectivity index (χ0v) is 10.3. The Morgan fingerprint density at radius 1 is 1.32 bits per heavy atom. The van der Waals surface area contributed by atoms with Gasteiger partial charge in [0.2, 0.25) is 0 Å². The summed E-state index contributed by atoms with van der Waals surface area (Å²) >= 11 is 0. The molecule has 0 bridgehead atoms. The highest BCUT2D eigenvalue weighted by molar-refractivity contribution is 5.60. The molecule has 6 heteroatoms. The van der Waals surface area contributed by atoms with Crippen LogP contribution in [0.2, 0.25) is 0 Å². The first-order chi connectivity index (χ1) is 9.24. The maximum absolute atomic E-state index is 10.6. The maximum atomic E-state index is 10.6. The van der Waals surface area contributed by atoms with Crippen LogP contribution in [0.5, 0.6) is 0 Å². The van der Waals surface area contributed by atoms with Gasteiger partial charge in [-0.1, -0.05) is 0 Å². The van der Waals surface area contributed by atoms with Gasteiger partial charge in [-0.2, -0.15) is 0 Å². The first kappa shape index (κ1) is 11.9. The van der Waals surface area contributed by atoms with Gasteiger partial charge >= 0.3 is 0 Å². The Hall–Kier alpha value is -2.21. The van der Waals surface area contributed by atoms with E-state index in [1.807, 2.05) is 0 Å². The number of nitro benzene ring substituents is 1. The van der Waals surface area contributed by atoms with E-state index in [9.17, 15) is 10.1 Å². The lowest BCUT2D eigenvalue weighted by atomic mass is 10.1. The Bertz CT molecular complexity index is 585. The summed E-state index contributed by atoms with van der Waals surface area (Å²) < 4.78 is 0. The quantitative estimate of drug-likeness (QED) is 0.654. The molecule has 98 valence electrons. The number of benzene rings is 1. The molecule has 1 saturated heterocycles. The normalized spacial score (nSPS) is 18.6. The van der Waals surface area contributed by atoms with Gasteiger partial charge in [0.1, 0.15) is 5.82 Å². The molecule has 1 aromatic heterocycles. The highest BCUT2D eigenvalue weighted by Gasteiger charge is 2.19. The highest BCUT2D eigenvalue weighted by Crippen LogP contribution is 2.25. The summed E-state index contributed by atoms with van der Waals surface area (Å²) in [5, 5.41) is 14.0. The predicted molar refractivity (Wildman–Crippen MR) is 70.7 cm³/mol. The Kier molecular flexibility index (Phi) is 3.00. The lowest BCUT2D eigenvalue weighted by Gasteiger charge is -2.05. The predicted octanol–water partition coefficient (Wildman–Crippen LogP) is 2.41. The van der Waals surface area contributed by atoms with E-state index in [1.165, 1.54) is 12.1 Å². The van der Waals surface area contributed by atoms with Crippen molar-refractivity contribution in [2.75, 3.05) is 6.54 Å². The van der Waals surface area contributed by atoms with Crippen LogP contribution in [0.15, 0.2) is 30.5 Å².